The SMILES string of the molecule is CC#C[C@@H](CC(=O)O)c1ccc(OCc2ccc(CN3CCN(c4nc5ccccc5s4)CC3)cc2)cc1. The van der Waals surface area contributed by atoms with Crippen LogP contribution in [0.5, 0.6) is 5.75 Å². The number of rotatable bonds is 9. The number of carboxylic acid groups (broad SMARTS) is 1. The molecule has 1 fully saturated rings. The number of aromatic nitrogens is 1. The summed E-state index contributed by atoms with van der Waals surface area (Å²) < 4.78 is 7.21. The monoisotopic (exact) mass is 525 g/mol. The van der Waals surface area contributed by atoms with Crippen LogP contribution < -0.4 is 9.64 Å². The topological polar surface area (TPSA) is 65.9 Å². The number of para-hydroxylation sites is 1. The molecule has 5 rings (SSSR count). The first-order valence-corrected chi connectivity index (χ1v) is 13.7. The number of aliphatic carboxylic acids is 1. The third-order valence-electron chi connectivity index (χ3n) is 6.74. The number of piperazine rings is 1. The van der Waals surface area contributed by atoms with Crippen molar-refractivity contribution < 1.29 is 14.6 Å². The van der Waals surface area contributed by atoms with Crippen LogP contribution in [0.3, 0.4) is 0 Å². The molecule has 1 aliphatic rings. The van der Waals surface area contributed by atoms with Crippen molar-refractivity contribution in [3.05, 3.63) is 89.5 Å². The number of fused-ring (bicyclic) bond motifs is 1. The fraction of sp³-hybridized carbons (Fsp3) is 0.290. The Labute approximate surface area is 227 Å². The van der Waals surface area contributed by atoms with Gasteiger partial charge in [-0.15, -0.1) is 5.92 Å². The lowest BCUT2D eigenvalue weighted by molar-refractivity contribution is -0.137. The summed E-state index contributed by atoms with van der Waals surface area (Å²) in [6.45, 7) is 7.17. The van der Waals surface area contributed by atoms with Crippen molar-refractivity contribution in [3.8, 4) is 17.6 Å². The molecule has 0 aliphatic carbocycles. The van der Waals surface area contributed by atoms with Gasteiger partial charge in [-0.1, -0.05) is 65.8 Å². The lowest BCUT2D eigenvalue weighted by atomic mass is 9.96. The highest BCUT2D eigenvalue weighted by molar-refractivity contribution is 7.22. The van der Waals surface area contributed by atoms with Gasteiger partial charge >= 0.3 is 5.97 Å². The zero-order valence-electron chi connectivity index (χ0n) is 21.5. The van der Waals surface area contributed by atoms with Gasteiger partial charge < -0.3 is 14.7 Å². The summed E-state index contributed by atoms with van der Waals surface area (Å²) in [4.78, 5) is 20.8. The van der Waals surface area contributed by atoms with Gasteiger partial charge in [0.15, 0.2) is 5.13 Å². The number of carbonyl (C=O) groups is 1. The maximum absolute atomic E-state index is 11.1. The average Bonchev–Trinajstić information content (AvgIpc) is 3.37. The normalized spacial score (nSPS) is 14.6. The van der Waals surface area contributed by atoms with E-state index in [1.54, 1.807) is 18.3 Å². The Morgan fingerprint density at radius 1 is 1.00 bits per heavy atom. The van der Waals surface area contributed by atoms with Gasteiger partial charge in [-0.3, -0.25) is 9.69 Å². The Kier molecular flexibility index (Phi) is 8.22. The molecule has 1 aliphatic heterocycles. The third kappa shape index (κ3) is 6.52. The zero-order chi connectivity index (χ0) is 26.3. The van der Waals surface area contributed by atoms with E-state index < -0.39 is 5.97 Å². The standard InChI is InChI=1S/C31H31N3O3S/c1-2-5-26(20-30(35)36)25-12-14-27(15-13-25)37-22-24-10-8-23(9-11-24)21-33-16-18-34(19-17-33)31-32-28-6-3-4-7-29(28)38-31/h3-4,6-15,26H,16-22H2,1H3,(H,35,36)/t26-/m0/s1. The van der Waals surface area contributed by atoms with Crippen LogP contribution >= 0.6 is 11.3 Å². The summed E-state index contributed by atoms with van der Waals surface area (Å²) in [5.41, 5.74) is 4.38. The highest BCUT2D eigenvalue weighted by Crippen LogP contribution is 2.29. The Morgan fingerprint density at radius 2 is 1.71 bits per heavy atom. The summed E-state index contributed by atoms with van der Waals surface area (Å²) in [6.07, 6.45) is -0.00771. The molecule has 0 saturated carbocycles. The van der Waals surface area contributed by atoms with Crippen molar-refractivity contribution in [2.24, 2.45) is 0 Å². The first kappa shape index (κ1) is 25.8. The largest absolute Gasteiger partial charge is 0.489 e. The van der Waals surface area contributed by atoms with Crippen LogP contribution in [0.4, 0.5) is 5.13 Å². The fourth-order valence-corrected chi connectivity index (χ4v) is 5.67. The van der Waals surface area contributed by atoms with Crippen molar-refractivity contribution in [1.29, 1.82) is 0 Å². The number of benzene rings is 3. The Bertz CT molecular complexity index is 1400. The van der Waals surface area contributed by atoms with Crippen LogP contribution in [0.15, 0.2) is 72.8 Å². The first-order chi connectivity index (χ1) is 18.6. The van der Waals surface area contributed by atoms with Crippen molar-refractivity contribution in [2.45, 2.75) is 32.4 Å². The summed E-state index contributed by atoms with van der Waals surface area (Å²) in [5.74, 6) is 5.39. The Balaban J connectivity index is 1.09. The number of anilines is 1. The van der Waals surface area contributed by atoms with Crippen molar-refractivity contribution in [3.63, 3.8) is 0 Å². The fourth-order valence-electron chi connectivity index (χ4n) is 4.66. The lowest BCUT2D eigenvalue weighted by Gasteiger charge is -2.34. The summed E-state index contributed by atoms with van der Waals surface area (Å²) in [5, 5.41) is 10.3. The molecule has 0 spiro atoms. The third-order valence-corrected chi connectivity index (χ3v) is 7.84. The van der Waals surface area contributed by atoms with Gasteiger partial charge in [0.05, 0.1) is 22.6 Å². The number of nitrogens with zero attached hydrogens (tertiary/aromatic N) is 3. The molecule has 0 radical (unpaired) electrons. The number of carboxylic acids is 1. The predicted molar refractivity (Wildman–Crippen MR) is 153 cm³/mol. The molecule has 0 unspecified atom stereocenters. The minimum absolute atomic E-state index is 0.00771. The maximum atomic E-state index is 11.1. The van der Waals surface area contributed by atoms with E-state index in [-0.39, 0.29) is 12.3 Å². The average molecular weight is 526 g/mol. The molecule has 3 aromatic carbocycles. The molecule has 4 aromatic rings. The molecule has 6 nitrogen and oxygen atoms in total. The van der Waals surface area contributed by atoms with E-state index in [2.05, 4.69) is 64.1 Å². The van der Waals surface area contributed by atoms with Crippen LogP contribution in [0.1, 0.15) is 36.0 Å². The van der Waals surface area contributed by atoms with Crippen LogP contribution in [-0.2, 0) is 17.9 Å². The summed E-state index contributed by atoms with van der Waals surface area (Å²) >= 11 is 1.78. The Morgan fingerprint density at radius 3 is 2.39 bits per heavy atom. The number of hydrogen-bond acceptors (Lipinski definition) is 6. The molecule has 7 heteroatoms. The minimum atomic E-state index is -0.853. The van der Waals surface area contributed by atoms with Gasteiger partial charge in [0.1, 0.15) is 12.4 Å². The van der Waals surface area contributed by atoms with E-state index >= 15 is 0 Å². The van der Waals surface area contributed by atoms with E-state index in [0.717, 1.165) is 60.2 Å². The molecule has 1 atom stereocenters. The quantitative estimate of drug-likeness (QED) is 0.280. The lowest BCUT2D eigenvalue weighted by Crippen LogP contribution is -2.45. The number of ether oxygens (including phenoxy) is 1. The number of thiazole rings is 1. The van der Waals surface area contributed by atoms with E-state index in [1.165, 1.54) is 10.3 Å². The summed E-state index contributed by atoms with van der Waals surface area (Å²) in [7, 11) is 0. The molecule has 1 N–H and O–H groups in total. The van der Waals surface area contributed by atoms with Crippen molar-refractivity contribution in [1.82, 2.24) is 9.88 Å². The second kappa shape index (κ2) is 12.1. The molecule has 38 heavy (non-hydrogen) atoms. The van der Waals surface area contributed by atoms with E-state index in [0.29, 0.717) is 6.61 Å². The molecule has 2 heterocycles. The molecular weight excluding hydrogens is 494 g/mol. The molecule has 0 amide bonds. The van der Waals surface area contributed by atoms with E-state index in [4.69, 9.17) is 14.8 Å². The minimum Gasteiger partial charge on any atom is -0.489 e. The van der Waals surface area contributed by atoms with Gasteiger partial charge in [-0.2, -0.15) is 0 Å². The molecule has 194 valence electrons. The second-order valence-electron chi connectivity index (χ2n) is 9.45. The van der Waals surface area contributed by atoms with E-state index in [1.807, 2.05) is 30.3 Å². The van der Waals surface area contributed by atoms with Crippen LogP contribution in [-0.4, -0.2) is 47.1 Å². The second-order valence-corrected chi connectivity index (χ2v) is 10.5. The maximum Gasteiger partial charge on any atom is 0.304 e. The van der Waals surface area contributed by atoms with Crippen LogP contribution in [0, 0.1) is 11.8 Å². The summed E-state index contributed by atoms with van der Waals surface area (Å²) in [6, 6.07) is 24.5. The smallest absolute Gasteiger partial charge is 0.304 e. The van der Waals surface area contributed by atoms with Gasteiger partial charge in [0, 0.05) is 32.7 Å². The zero-order valence-corrected chi connectivity index (χ0v) is 22.3. The van der Waals surface area contributed by atoms with Gasteiger partial charge in [0.2, 0.25) is 0 Å². The van der Waals surface area contributed by atoms with Crippen LogP contribution in [0.25, 0.3) is 10.2 Å². The molecule has 0 bridgehead atoms. The van der Waals surface area contributed by atoms with Crippen molar-refractivity contribution >= 4 is 32.7 Å². The van der Waals surface area contributed by atoms with Gasteiger partial charge in [-0.25, -0.2) is 4.98 Å². The molecule has 1 saturated heterocycles. The van der Waals surface area contributed by atoms with Crippen molar-refractivity contribution in [2.75, 3.05) is 31.1 Å². The highest BCUT2D eigenvalue weighted by atomic mass is 32.1. The number of hydrogen-bond donors (Lipinski definition) is 1. The predicted octanol–water partition coefficient (Wildman–Crippen LogP) is 5.78. The highest BCUT2D eigenvalue weighted by Gasteiger charge is 2.20. The van der Waals surface area contributed by atoms with Gasteiger partial charge in [0.25, 0.3) is 0 Å². The molecular formula is C31H31N3O3S. The van der Waals surface area contributed by atoms with E-state index in [9.17, 15) is 4.79 Å². The Hall–Kier alpha value is -3.86. The van der Waals surface area contributed by atoms with Gasteiger partial charge in [-0.05, 0) is 47.9 Å². The first-order valence-electron chi connectivity index (χ1n) is 12.8. The van der Waals surface area contributed by atoms with Crippen LogP contribution in [0.2, 0.25) is 0 Å². The molecule has 1 aromatic heterocycles.